The Kier molecular flexibility index (Phi) is 5.87. The Morgan fingerprint density at radius 2 is 1.97 bits per heavy atom. The van der Waals surface area contributed by atoms with E-state index < -0.39 is 6.10 Å². The number of carbonyl (C=O) groups excluding carboxylic acids is 1. The fourth-order valence-electron chi connectivity index (χ4n) is 2.74. The van der Waals surface area contributed by atoms with Gasteiger partial charge in [-0.1, -0.05) is 17.3 Å². The van der Waals surface area contributed by atoms with E-state index in [0.29, 0.717) is 30.0 Å². The van der Waals surface area contributed by atoms with Crippen LogP contribution in [0.3, 0.4) is 0 Å². The molecule has 0 saturated heterocycles. The van der Waals surface area contributed by atoms with Crippen LogP contribution in [0.1, 0.15) is 27.8 Å². The highest BCUT2D eigenvalue weighted by atomic mass is 32.1. The van der Waals surface area contributed by atoms with Gasteiger partial charge in [-0.2, -0.15) is 0 Å². The van der Waals surface area contributed by atoms with E-state index in [2.05, 4.69) is 25.6 Å². The summed E-state index contributed by atoms with van der Waals surface area (Å²) in [6.07, 6.45) is 3.94. The van der Waals surface area contributed by atoms with Gasteiger partial charge in [-0.05, 0) is 29.8 Å². The van der Waals surface area contributed by atoms with E-state index in [1.165, 1.54) is 40.3 Å². The van der Waals surface area contributed by atoms with E-state index in [0.717, 1.165) is 10.6 Å². The summed E-state index contributed by atoms with van der Waals surface area (Å²) in [6, 6.07) is 9.21. The van der Waals surface area contributed by atoms with Crippen molar-refractivity contribution < 1.29 is 14.3 Å². The Balaban J connectivity index is 1.31. The van der Waals surface area contributed by atoms with Crippen LogP contribution in [0.4, 0.5) is 4.39 Å². The molecular formula is C20H17FN6O2S. The number of benzene rings is 1. The van der Waals surface area contributed by atoms with Crippen LogP contribution in [-0.2, 0) is 6.54 Å². The van der Waals surface area contributed by atoms with Crippen molar-refractivity contribution in [3.63, 3.8) is 0 Å². The maximum Gasteiger partial charge on any atom is 0.270 e. The fourth-order valence-corrected chi connectivity index (χ4v) is 3.55. The first-order valence-electron chi connectivity index (χ1n) is 9.08. The maximum absolute atomic E-state index is 13.0. The molecule has 0 radical (unpaired) electrons. The Morgan fingerprint density at radius 1 is 1.20 bits per heavy atom. The van der Waals surface area contributed by atoms with Crippen LogP contribution in [0.2, 0.25) is 0 Å². The van der Waals surface area contributed by atoms with Gasteiger partial charge in [0.1, 0.15) is 28.3 Å². The second-order valence-electron chi connectivity index (χ2n) is 6.39. The molecule has 4 aromatic rings. The number of thiazole rings is 1. The minimum absolute atomic E-state index is 0.279. The van der Waals surface area contributed by atoms with E-state index in [9.17, 15) is 14.3 Å². The van der Waals surface area contributed by atoms with Crippen molar-refractivity contribution in [1.82, 2.24) is 30.3 Å². The van der Waals surface area contributed by atoms with Gasteiger partial charge in [-0.15, -0.1) is 16.4 Å². The Hall–Kier alpha value is -3.50. The van der Waals surface area contributed by atoms with E-state index in [1.54, 1.807) is 24.0 Å². The van der Waals surface area contributed by atoms with Crippen LogP contribution < -0.4 is 5.32 Å². The van der Waals surface area contributed by atoms with E-state index in [4.69, 9.17) is 0 Å². The standard InChI is InChI=1S/C20H17FN6O2S/c21-15-3-1-13(2-4-15)18(28)16-11-27(26-25-16)10-9-23-19(29)17-12-30-20(24-17)14-5-7-22-8-6-14/h1-8,11-12,18,28H,9-10H2,(H,23,29). The Morgan fingerprint density at radius 3 is 2.73 bits per heavy atom. The molecule has 0 spiro atoms. The normalized spacial score (nSPS) is 11.9. The third-order valence-corrected chi connectivity index (χ3v) is 5.20. The third-order valence-electron chi connectivity index (χ3n) is 4.31. The molecule has 0 aliphatic carbocycles. The number of nitrogens with zero attached hydrogens (tertiary/aromatic N) is 5. The number of amides is 1. The topological polar surface area (TPSA) is 106 Å². The van der Waals surface area contributed by atoms with Crippen LogP contribution >= 0.6 is 11.3 Å². The molecule has 1 unspecified atom stereocenters. The zero-order valence-electron chi connectivity index (χ0n) is 15.6. The quantitative estimate of drug-likeness (QED) is 0.472. The van der Waals surface area contributed by atoms with Crippen molar-refractivity contribution >= 4 is 17.2 Å². The number of pyridine rings is 1. The minimum atomic E-state index is -1.00. The molecule has 0 aliphatic heterocycles. The van der Waals surface area contributed by atoms with Gasteiger partial charge in [0.2, 0.25) is 0 Å². The molecule has 3 aromatic heterocycles. The zero-order chi connectivity index (χ0) is 20.9. The highest BCUT2D eigenvalue weighted by molar-refractivity contribution is 7.13. The van der Waals surface area contributed by atoms with Crippen molar-refractivity contribution in [3.05, 3.63) is 83.1 Å². The Bertz CT molecular complexity index is 1130. The maximum atomic E-state index is 13.0. The van der Waals surface area contributed by atoms with E-state index in [1.807, 2.05) is 12.1 Å². The second kappa shape index (κ2) is 8.89. The highest BCUT2D eigenvalue weighted by Crippen LogP contribution is 2.23. The lowest BCUT2D eigenvalue weighted by atomic mass is 10.1. The van der Waals surface area contributed by atoms with Crippen LogP contribution in [0.5, 0.6) is 0 Å². The van der Waals surface area contributed by atoms with Crippen LogP contribution in [-0.4, -0.2) is 42.5 Å². The lowest BCUT2D eigenvalue weighted by Gasteiger charge is -2.07. The molecule has 0 aliphatic rings. The number of hydrogen-bond donors (Lipinski definition) is 2. The molecule has 0 fully saturated rings. The SMILES string of the molecule is O=C(NCCn1cc(C(O)c2ccc(F)cc2)nn1)c1csc(-c2ccncc2)n1. The molecule has 8 nitrogen and oxygen atoms in total. The van der Waals surface area contributed by atoms with Gasteiger partial charge in [0, 0.05) is 29.9 Å². The van der Waals surface area contributed by atoms with Gasteiger partial charge in [-0.25, -0.2) is 9.37 Å². The lowest BCUT2D eigenvalue weighted by Crippen LogP contribution is -2.27. The first-order chi connectivity index (χ1) is 14.6. The molecule has 10 heteroatoms. The molecule has 152 valence electrons. The van der Waals surface area contributed by atoms with Gasteiger partial charge < -0.3 is 10.4 Å². The highest BCUT2D eigenvalue weighted by Gasteiger charge is 2.15. The van der Waals surface area contributed by atoms with Gasteiger partial charge >= 0.3 is 0 Å². The monoisotopic (exact) mass is 424 g/mol. The molecule has 1 amide bonds. The summed E-state index contributed by atoms with van der Waals surface area (Å²) in [5.41, 5.74) is 2.11. The van der Waals surface area contributed by atoms with Gasteiger partial charge in [0.25, 0.3) is 5.91 Å². The first-order valence-corrected chi connectivity index (χ1v) is 9.96. The second-order valence-corrected chi connectivity index (χ2v) is 7.25. The number of rotatable bonds is 7. The molecule has 4 rings (SSSR count). The van der Waals surface area contributed by atoms with Gasteiger partial charge in [-0.3, -0.25) is 14.5 Å². The van der Waals surface area contributed by atoms with Crippen molar-refractivity contribution in [1.29, 1.82) is 0 Å². The summed E-state index contributed by atoms with van der Waals surface area (Å²) >= 11 is 1.39. The first kappa shape index (κ1) is 19.8. The smallest absolute Gasteiger partial charge is 0.270 e. The molecular weight excluding hydrogens is 407 g/mol. The summed E-state index contributed by atoms with van der Waals surface area (Å²) in [7, 11) is 0. The average Bonchev–Trinajstić information content (AvgIpc) is 3.45. The van der Waals surface area contributed by atoms with Gasteiger partial charge in [0.15, 0.2) is 0 Å². The lowest BCUT2D eigenvalue weighted by molar-refractivity contribution is 0.0947. The largest absolute Gasteiger partial charge is 0.382 e. The molecule has 1 aromatic carbocycles. The van der Waals surface area contributed by atoms with Gasteiger partial charge in [0.05, 0.1) is 12.7 Å². The molecule has 30 heavy (non-hydrogen) atoms. The fraction of sp³-hybridized carbons (Fsp3) is 0.150. The summed E-state index contributed by atoms with van der Waals surface area (Å²) in [4.78, 5) is 20.6. The number of halogens is 1. The van der Waals surface area contributed by atoms with Crippen LogP contribution in [0.15, 0.2) is 60.4 Å². The van der Waals surface area contributed by atoms with Crippen molar-refractivity contribution in [2.45, 2.75) is 12.6 Å². The number of hydrogen-bond acceptors (Lipinski definition) is 7. The summed E-state index contributed by atoms with van der Waals surface area (Å²) < 4.78 is 14.5. The molecule has 0 bridgehead atoms. The van der Waals surface area contributed by atoms with Crippen LogP contribution in [0, 0.1) is 5.82 Å². The number of nitrogens with one attached hydrogen (secondary N) is 1. The molecule has 1 atom stereocenters. The Labute approximate surface area is 175 Å². The summed E-state index contributed by atoms with van der Waals surface area (Å²) in [6.45, 7) is 0.687. The van der Waals surface area contributed by atoms with E-state index >= 15 is 0 Å². The predicted octanol–water partition coefficient (Wildman–Crippen LogP) is 2.45. The minimum Gasteiger partial charge on any atom is -0.382 e. The van der Waals surface area contributed by atoms with Crippen LogP contribution in [0.25, 0.3) is 10.6 Å². The molecule has 3 heterocycles. The molecule has 2 N–H and O–H groups in total. The number of carbonyl (C=O) groups is 1. The van der Waals surface area contributed by atoms with Crippen molar-refractivity contribution in [2.75, 3.05) is 6.54 Å². The number of aliphatic hydroxyl groups excluding tert-OH is 1. The molecule has 0 saturated carbocycles. The predicted molar refractivity (Wildman–Crippen MR) is 108 cm³/mol. The average molecular weight is 424 g/mol. The van der Waals surface area contributed by atoms with Crippen molar-refractivity contribution in [3.8, 4) is 10.6 Å². The number of aliphatic hydroxyl groups is 1. The zero-order valence-corrected chi connectivity index (χ0v) is 16.5. The van der Waals surface area contributed by atoms with Crippen molar-refractivity contribution in [2.24, 2.45) is 0 Å². The van der Waals surface area contributed by atoms with E-state index in [-0.39, 0.29) is 11.7 Å². The summed E-state index contributed by atoms with van der Waals surface area (Å²) in [5, 5.41) is 23.5. The third kappa shape index (κ3) is 4.56. The summed E-state index contributed by atoms with van der Waals surface area (Å²) in [5.74, 6) is -0.656. The number of aromatic nitrogens is 5.